The van der Waals surface area contributed by atoms with Crippen LogP contribution in [0.25, 0.3) is 0 Å². The van der Waals surface area contributed by atoms with Crippen molar-refractivity contribution in [2.24, 2.45) is 23.7 Å². The summed E-state index contributed by atoms with van der Waals surface area (Å²) in [4.78, 5) is 22.6. The maximum absolute atomic E-state index is 11.7. The van der Waals surface area contributed by atoms with Crippen LogP contribution in [-0.4, -0.2) is 28.6 Å². The third-order valence-corrected chi connectivity index (χ3v) is 5.80. The normalized spacial score (nSPS) is 48.2. The molecule has 3 aliphatic rings. The number of rotatable bonds is 2. The molecule has 1 saturated heterocycles. The fourth-order valence-electron chi connectivity index (χ4n) is 3.56. The van der Waals surface area contributed by atoms with Crippen LogP contribution < -0.4 is 0 Å². The Bertz CT molecular complexity index is 356. The summed E-state index contributed by atoms with van der Waals surface area (Å²) in [6.07, 6.45) is 1.18. The van der Waals surface area contributed by atoms with Gasteiger partial charge in [-0.2, -0.15) is 0 Å². The van der Waals surface area contributed by atoms with Crippen LogP contribution in [0.15, 0.2) is 0 Å². The van der Waals surface area contributed by atoms with E-state index in [1.807, 2.05) is 0 Å². The smallest absolute Gasteiger partial charge is 0.310 e. The van der Waals surface area contributed by atoms with Gasteiger partial charge in [-0.25, -0.2) is 0 Å². The molecular weight excluding hydrogens is 323 g/mol. The molecule has 0 spiro atoms. The minimum absolute atomic E-state index is 0.0136. The van der Waals surface area contributed by atoms with Gasteiger partial charge in [-0.15, -0.1) is 0 Å². The molecule has 3 rings (SSSR count). The molecule has 0 aromatic rings. The highest BCUT2D eigenvalue weighted by Gasteiger charge is 2.65. The fraction of sp³-hybridized carbons (Fsp3) is 0.818. The van der Waals surface area contributed by atoms with Gasteiger partial charge in [0.2, 0.25) is 0 Å². The molecule has 0 unspecified atom stereocenters. The van der Waals surface area contributed by atoms with E-state index in [0.29, 0.717) is 22.4 Å². The van der Waals surface area contributed by atoms with Crippen molar-refractivity contribution in [3.05, 3.63) is 0 Å². The third kappa shape index (κ3) is 1.33. The number of ether oxygens (including phenoxy) is 2. The molecule has 2 saturated carbocycles. The van der Waals surface area contributed by atoms with Gasteiger partial charge in [-0.05, 0) is 12.3 Å². The lowest BCUT2D eigenvalue weighted by molar-refractivity contribution is -0.148. The quantitative estimate of drug-likeness (QED) is 0.431. The van der Waals surface area contributed by atoms with E-state index < -0.39 is 0 Å². The largest absolute Gasteiger partial charge is 0.466 e. The molecule has 88 valence electrons. The maximum Gasteiger partial charge on any atom is 0.310 e. The molecule has 6 atom stereocenters. The predicted molar refractivity (Wildman–Crippen MR) is 62.9 cm³/mol. The van der Waals surface area contributed by atoms with E-state index >= 15 is 0 Å². The molecule has 4 nitrogen and oxygen atoms in total. The van der Waals surface area contributed by atoms with Crippen molar-refractivity contribution in [1.82, 2.24) is 0 Å². The van der Waals surface area contributed by atoms with Crippen LogP contribution in [0.2, 0.25) is 0 Å². The second kappa shape index (κ2) is 3.58. The minimum atomic E-state index is -0.268. The summed E-state index contributed by atoms with van der Waals surface area (Å²) >= 11 is 2.38. The number of alkyl halides is 1. The molecule has 2 bridgehead atoms. The van der Waals surface area contributed by atoms with E-state index in [-0.39, 0.29) is 29.9 Å². The summed E-state index contributed by atoms with van der Waals surface area (Å²) in [6.45, 7) is 1.78. The molecule has 2 aliphatic carbocycles. The Morgan fingerprint density at radius 1 is 1.56 bits per heavy atom. The number of halogens is 1. The van der Waals surface area contributed by atoms with Crippen LogP contribution in [0.1, 0.15) is 13.3 Å². The summed E-state index contributed by atoms with van der Waals surface area (Å²) in [7, 11) is 0. The zero-order valence-corrected chi connectivity index (χ0v) is 11.0. The van der Waals surface area contributed by atoms with E-state index in [1.165, 1.54) is 6.92 Å². The van der Waals surface area contributed by atoms with Gasteiger partial charge in [0.1, 0.15) is 6.10 Å². The molecule has 0 aromatic heterocycles. The van der Waals surface area contributed by atoms with E-state index in [4.69, 9.17) is 9.47 Å². The van der Waals surface area contributed by atoms with Crippen molar-refractivity contribution < 1.29 is 19.1 Å². The molecule has 3 fully saturated rings. The zero-order valence-electron chi connectivity index (χ0n) is 8.89. The third-order valence-electron chi connectivity index (χ3n) is 4.17. The Morgan fingerprint density at radius 2 is 2.31 bits per heavy atom. The lowest BCUT2D eigenvalue weighted by atomic mass is 9.80. The van der Waals surface area contributed by atoms with Gasteiger partial charge in [0.15, 0.2) is 0 Å². The zero-order chi connectivity index (χ0) is 11.4. The fourth-order valence-corrected chi connectivity index (χ4v) is 5.07. The van der Waals surface area contributed by atoms with Gasteiger partial charge in [0.05, 0.1) is 16.4 Å². The van der Waals surface area contributed by atoms with Crippen LogP contribution in [0.3, 0.4) is 0 Å². The van der Waals surface area contributed by atoms with Crippen molar-refractivity contribution in [2.45, 2.75) is 23.4 Å². The molecular formula is C11H13IO4. The number of hydrogen-bond donors (Lipinski definition) is 0. The summed E-state index contributed by atoms with van der Waals surface area (Å²) in [6, 6.07) is 0. The highest BCUT2D eigenvalue weighted by atomic mass is 127. The van der Waals surface area contributed by atoms with Gasteiger partial charge in [0, 0.05) is 18.8 Å². The SMILES string of the molecule is CC(=O)OC[C@H]1[C@@H]2C[C@@H]3[C@H](OC(=O)[C@@H]31)[C@H]2I. The summed E-state index contributed by atoms with van der Waals surface area (Å²) in [5.74, 6) is 0.679. The molecule has 1 aliphatic heterocycles. The molecule has 16 heavy (non-hydrogen) atoms. The number of carbonyl (C=O) groups excluding carboxylic acids is 2. The van der Waals surface area contributed by atoms with Crippen molar-refractivity contribution >= 4 is 34.5 Å². The first-order valence-electron chi connectivity index (χ1n) is 5.57. The first kappa shape index (κ1) is 10.8. The minimum Gasteiger partial charge on any atom is -0.466 e. The van der Waals surface area contributed by atoms with E-state index in [0.717, 1.165) is 6.42 Å². The monoisotopic (exact) mass is 336 g/mol. The van der Waals surface area contributed by atoms with Crippen LogP contribution in [0.5, 0.6) is 0 Å². The van der Waals surface area contributed by atoms with Crippen LogP contribution in [-0.2, 0) is 19.1 Å². The van der Waals surface area contributed by atoms with E-state index in [2.05, 4.69) is 22.6 Å². The standard InChI is InChI=1S/C11H13IO4/c1-4(13)15-3-7-5-2-6-8(7)11(14)16-10(6)9(5)12/h5-10H,2-3H2,1H3/t5-,6-,7-,8-,9-,10-/m0/s1. The van der Waals surface area contributed by atoms with Crippen molar-refractivity contribution in [3.63, 3.8) is 0 Å². The van der Waals surface area contributed by atoms with Gasteiger partial charge < -0.3 is 9.47 Å². The first-order chi connectivity index (χ1) is 7.59. The number of hydrogen-bond acceptors (Lipinski definition) is 4. The molecule has 0 amide bonds. The summed E-state index contributed by atoms with van der Waals surface area (Å²) in [5.41, 5.74) is 0. The van der Waals surface area contributed by atoms with Gasteiger partial charge in [-0.1, -0.05) is 22.6 Å². The number of fused-ring (bicyclic) bond motifs is 1. The highest BCUT2D eigenvalue weighted by molar-refractivity contribution is 14.1. The van der Waals surface area contributed by atoms with Crippen LogP contribution in [0, 0.1) is 23.7 Å². The average Bonchev–Trinajstić information content (AvgIpc) is 2.79. The Morgan fingerprint density at radius 3 is 3.00 bits per heavy atom. The van der Waals surface area contributed by atoms with Crippen LogP contribution >= 0.6 is 22.6 Å². The van der Waals surface area contributed by atoms with Gasteiger partial charge >= 0.3 is 11.9 Å². The summed E-state index contributed by atoms with van der Waals surface area (Å²) in [5, 5.41) is 0. The molecule has 1 heterocycles. The highest BCUT2D eigenvalue weighted by Crippen LogP contribution is 2.59. The molecule has 0 aromatic carbocycles. The second-order valence-electron chi connectivity index (χ2n) is 4.90. The molecule has 5 heteroatoms. The van der Waals surface area contributed by atoms with Crippen molar-refractivity contribution in [1.29, 1.82) is 0 Å². The van der Waals surface area contributed by atoms with Crippen molar-refractivity contribution in [3.8, 4) is 0 Å². The Labute approximate surface area is 107 Å². The number of esters is 2. The van der Waals surface area contributed by atoms with Gasteiger partial charge in [0.25, 0.3) is 0 Å². The van der Waals surface area contributed by atoms with E-state index in [1.54, 1.807) is 0 Å². The second-order valence-corrected chi connectivity index (χ2v) is 6.34. The molecule has 0 radical (unpaired) electrons. The Kier molecular flexibility index (Phi) is 2.42. The predicted octanol–water partition coefficient (Wildman–Crippen LogP) is 1.16. The van der Waals surface area contributed by atoms with Gasteiger partial charge in [-0.3, -0.25) is 9.59 Å². The maximum atomic E-state index is 11.7. The molecule has 0 N–H and O–H groups in total. The topological polar surface area (TPSA) is 52.6 Å². The lowest BCUT2D eigenvalue weighted by Gasteiger charge is -2.27. The first-order valence-corrected chi connectivity index (χ1v) is 6.82. The number of carbonyl (C=O) groups is 2. The van der Waals surface area contributed by atoms with Crippen molar-refractivity contribution in [2.75, 3.05) is 6.61 Å². The average molecular weight is 336 g/mol. The summed E-state index contributed by atoms with van der Waals surface area (Å²) < 4.78 is 10.9. The van der Waals surface area contributed by atoms with Crippen LogP contribution in [0.4, 0.5) is 0 Å². The Hall–Kier alpha value is -0.330. The Balaban J connectivity index is 1.80. The lowest BCUT2D eigenvalue weighted by Crippen LogP contribution is -2.36. The van der Waals surface area contributed by atoms with E-state index in [9.17, 15) is 9.59 Å².